The summed E-state index contributed by atoms with van der Waals surface area (Å²) in [5.74, 6) is 2.26. The van der Waals surface area contributed by atoms with Crippen molar-refractivity contribution in [2.45, 2.75) is 50.1 Å². The summed E-state index contributed by atoms with van der Waals surface area (Å²) in [5, 5.41) is 23.7. The maximum Gasteiger partial charge on any atom is 0.212 e. The zero-order valence-corrected chi connectivity index (χ0v) is 21.6. The van der Waals surface area contributed by atoms with Crippen molar-refractivity contribution in [1.82, 2.24) is 24.5 Å². The lowest BCUT2D eigenvalue weighted by atomic mass is 9.87. The number of fused-ring (bicyclic) bond motifs is 3. The summed E-state index contributed by atoms with van der Waals surface area (Å²) in [6.07, 6.45) is 9.29. The Bertz CT molecular complexity index is 1530. The van der Waals surface area contributed by atoms with Crippen LogP contribution in [0.2, 0.25) is 0 Å². The average Bonchev–Trinajstić information content (AvgIpc) is 3.38. The number of aliphatic hydroxyl groups is 1. The third-order valence-electron chi connectivity index (χ3n) is 8.18. The maximum atomic E-state index is 9.67. The molecule has 0 radical (unpaired) electrons. The van der Waals surface area contributed by atoms with Crippen LogP contribution in [-0.2, 0) is 6.54 Å². The molecule has 39 heavy (non-hydrogen) atoms. The first-order valence-corrected chi connectivity index (χ1v) is 13.3. The molecular formula is C29H29N7O3. The third-order valence-corrected chi connectivity index (χ3v) is 8.18. The Kier molecular flexibility index (Phi) is 5.83. The molecule has 0 spiro atoms. The van der Waals surface area contributed by atoms with E-state index < -0.39 is 0 Å². The molecule has 2 bridgehead atoms. The van der Waals surface area contributed by atoms with Gasteiger partial charge in [0.1, 0.15) is 23.7 Å². The van der Waals surface area contributed by atoms with Crippen LogP contribution in [0, 0.1) is 11.3 Å². The lowest BCUT2D eigenvalue weighted by molar-refractivity contribution is -0.0109. The minimum atomic E-state index is -0.294. The van der Waals surface area contributed by atoms with Crippen LogP contribution in [0.3, 0.4) is 0 Å². The molecule has 4 aromatic heterocycles. The standard InChI is InChI=1S/C29H29N7O3/c1-38-28-5-2-18(11-32-28)14-35-21-6-22(35)16-34(15-21)27-4-3-19(12-31-27)26-9-25(39-24-7-23(37)8-24)17-36-29(26)20(10-30)13-33-36/h2-5,9,11-13,17,21-24,37H,6-8,14-16H2,1H3/t21?,22?,23-,24-. The molecule has 4 aliphatic rings. The molecule has 7 heterocycles. The Hall–Kier alpha value is -4.20. The summed E-state index contributed by atoms with van der Waals surface area (Å²) in [6, 6.07) is 13.3. The minimum absolute atomic E-state index is 0.0112. The molecule has 0 amide bonds. The molecule has 10 nitrogen and oxygen atoms in total. The van der Waals surface area contributed by atoms with E-state index in [1.54, 1.807) is 24.0 Å². The average molecular weight is 524 g/mol. The van der Waals surface area contributed by atoms with E-state index in [0.29, 0.717) is 42.1 Å². The topological polar surface area (TPSA) is 112 Å². The number of ether oxygens (including phenoxy) is 2. The van der Waals surface area contributed by atoms with Crippen molar-refractivity contribution >= 4 is 11.3 Å². The lowest BCUT2D eigenvalue weighted by Gasteiger charge is -2.56. The van der Waals surface area contributed by atoms with Gasteiger partial charge in [-0.2, -0.15) is 10.4 Å². The van der Waals surface area contributed by atoms with Crippen LogP contribution in [0.4, 0.5) is 5.82 Å². The highest BCUT2D eigenvalue weighted by molar-refractivity contribution is 5.85. The number of piperazine rings is 1. The zero-order chi connectivity index (χ0) is 26.5. The molecule has 4 aromatic rings. The molecule has 10 heteroatoms. The summed E-state index contributed by atoms with van der Waals surface area (Å²) >= 11 is 0. The Morgan fingerprint density at radius 2 is 1.90 bits per heavy atom. The van der Waals surface area contributed by atoms with Crippen molar-refractivity contribution in [3.8, 4) is 28.8 Å². The first kappa shape index (κ1) is 23.9. The number of pyridine rings is 3. The van der Waals surface area contributed by atoms with Crippen molar-refractivity contribution in [3.63, 3.8) is 0 Å². The molecule has 3 saturated heterocycles. The van der Waals surface area contributed by atoms with Crippen LogP contribution in [0.1, 0.15) is 30.4 Å². The van der Waals surface area contributed by atoms with E-state index in [9.17, 15) is 10.4 Å². The number of aliphatic hydroxyl groups excluding tert-OH is 1. The van der Waals surface area contributed by atoms with Crippen LogP contribution in [0.25, 0.3) is 16.6 Å². The molecule has 4 fully saturated rings. The van der Waals surface area contributed by atoms with E-state index in [1.807, 2.05) is 24.5 Å². The highest BCUT2D eigenvalue weighted by Gasteiger charge is 2.44. The van der Waals surface area contributed by atoms with E-state index in [-0.39, 0.29) is 12.2 Å². The predicted molar refractivity (Wildman–Crippen MR) is 144 cm³/mol. The molecule has 2 unspecified atom stereocenters. The van der Waals surface area contributed by atoms with Gasteiger partial charge in [-0.05, 0) is 30.2 Å². The minimum Gasteiger partial charge on any atom is -0.489 e. The van der Waals surface area contributed by atoms with Gasteiger partial charge in [-0.15, -0.1) is 0 Å². The van der Waals surface area contributed by atoms with E-state index in [4.69, 9.17) is 14.5 Å². The molecule has 3 aliphatic heterocycles. The molecule has 8 rings (SSSR count). The van der Waals surface area contributed by atoms with Gasteiger partial charge in [-0.25, -0.2) is 14.5 Å². The highest BCUT2D eigenvalue weighted by atomic mass is 16.5. The number of nitrogens with zero attached hydrogens (tertiary/aromatic N) is 7. The fourth-order valence-corrected chi connectivity index (χ4v) is 5.99. The molecule has 0 aromatic carbocycles. The molecule has 1 saturated carbocycles. The smallest absolute Gasteiger partial charge is 0.212 e. The molecule has 1 aliphatic carbocycles. The fourth-order valence-electron chi connectivity index (χ4n) is 5.99. The van der Waals surface area contributed by atoms with Gasteiger partial charge in [0.15, 0.2) is 0 Å². The van der Waals surface area contributed by atoms with Crippen molar-refractivity contribution in [1.29, 1.82) is 5.26 Å². The van der Waals surface area contributed by atoms with Gasteiger partial charge >= 0.3 is 0 Å². The number of methoxy groups -OCH3 is 1. The Balaban J connectivity index is 1.08. The normalized spacial score (nSPS) is 24.1. The second-order valence-electron chi connectivity index (χ2n) is 10.7. The third kappa shape index (κ3) is 4.33. The Labute approximate surface area is 226 Å². The van der Waals surface area contributed by atoms with E-state index >= 15 is 0 Å². The number of nitriles is 1. The molecule has 2 atom stereocenters. The maximum absolute atomic E-state index is 9.67. The van der Waals surface area contributed by atoms with Crippen LogP contribution >= 0.6 is 0 Å². The van der Waals surface area contributed by atoms with E-state index in [1.165, 1.54) is 12.0 Å². The predicted octanol–water partition coefficient (Wildman–Crippen LogP) is 3.04. The molecule has 1 N–H and O–H groups in total. The first-order valence-electron chi connectivity index (χ1n) is 13.3. The Morgan fingerprint density at radius 3 is 2.56 bits per heavy atom. The highest BCUT2D eigenvalue weighted by Crippen LogP contribution is 2.37. The zero-order valence-electron chi connectivity index (χ0n) is 21.6. The van der Waals surface area contributed by atoms with Crippen LogP contribution in [0.15, 0.2) is 55.1 Å². The second-order valence-corrected chi connectivity index (χ2v) is 10.7. The lowest BCUT2D eigenvalue weighted by Crippen LogP contribution is -2.68. The number of aromatic nitrogens is 4. The quantitative estimate of drug-likeness (QED) is 0.391. The van der Waals surface area contributed by atoms with Gasteiger partial charge in [0.25, 0.3) is 0 Å². The number of hydrogen-bond acceptors (Lipinski definition) is 9. The summed E-state index contributed by atoms with van der Waals surface area (Å²) < 4.78 is 13.0. The number of anilines is 1. The SMILES string of the molecule is COc1ccc(CN2C3CC2CN(c2ccc(-c4cc(O[C@H]5C[C@H](O)C5)cn5ncc(C#N)c45)cn2)C3)cn1. The first-order chi connectivity index (χ1) is 19.1. The fraction of sp³-hybridized carbons (Fsp3) is 0.379. The summed E-state index contributed by atoms with van der Waals surface area (Å²) in [6.45, 7) is 2.77. The summed E-state index contributed by atoms with van der Waals surface area (Å²) in [5.41, 5.74) is 4.18. The van der Waals surface area contributed by atoms with Gasteiger partial charge in [-0.3, -0.25) is 4.90 Å². The Morgan fingerprint density at radius 1 is 1.05 bits per heavy atom. The summed E-state index contributed by atoms with van der Waals surface area (Å²) in [4.78, 5) is 14.1. The molecule has 198 valence electrons. The van der Waals surface area contributed by atoms with Gasteiger partial charge in [-0.1, -0.05) is 6.07 Å². The van der Waals surface area contributed by atoms with Gasteiger partial charge < -0.3 is 19.5 Å². The van der Waals surface area contributed by atoms with Crippen molar-refractivity contribution in [2.24, 2.45) is 0 Å². The molecular weight excluding hydrogens is 494 g/mol. The number of hydrogen-bond donors (Lipinski definition) is 1. The van der Waals surface area contributed by atoms with Crippen molar-refractivity contribution in [2.75, 3.05) is 25.1 Å². The van der Waals surface area contributed by atoms with Gasteiger partial charge in [0, 0.05) is 74.1 Å². The van der Waals surface area contributed by atoms with Crippen molar-refractivity contribution < 1.29 is 14.6 Å². The van der Waals surface area contributed by atoms with Crippen molar-refractivity contribution in [3.05, 3.63) is 66.2 Å². The van der Waals surface area contributed by atoms with Crippen LogP contribution in [0.5, 0.6) is 11.6 Å². The second kappa shape index (κ2) is 9.52. The largest absolute Gasteiger partial charge is 0.489 e. The van der Waals surface area contributed by atoms with E-state index in [0.717, 1.165) is 42.1 Å². The van der Waals surface area contributed by atoms with Crippen LogP contribution < -0.4 is 14.4 Å². The number of piperidine rings is 1. The summed E-state index contributed by atoms with van der Waals surface area (Å²) in [7, 11) is 1.63. The monoisotopic (exact) mass is 523 g/mol. The van der Waals surface area contributed by atoms with E-state index in [2.05, 4.69) is 44.2 Å². The van der Waals surface area contributed by atoms with Gasteiger partial charge in [0.05, 0.1) is 36.7 Å². The van der Waals surface area contributed by atoms with Gasteiger partial charge in [0.2, 0.25) is 5.88 Å². The number of rotatable bonds is 7. The van der Waals surface area contributed by atoms with Crippen LogP contribution in [-0.4, -0.2) is 74.1 Å².